The largest absolute Gasteiger partial charge is 0.346 e. The summed E-state index contributed by atoms with van der Waals surface area (Å²) in [7, 11) is 0. The zero-order valence-corrected chi connectivity index (χ0v) is 15.2. The van der Waals surface area contributed by atoms with Crippen LogP contribution >= 0.6 is 0 Å². The highest BCUT2D eigenvalue weighted by molar-refractivity contribution is 5.77. The first-order valence-electron chi connectivity index (χ1n) is 10.8. The van der Waals surface area contributed by atoms with E-state index in [0.717, 1.165) is 36.3 Å². The molecule has 1 heterocycles. The first kappa shape index (κ1) is 15.7. The van der Waals surface area contributed by atoms with Gasteiger partial charge in [0.25, 0.3) is 5.91 Å². The fourth-order valence-electron chi connectivity index (χ4n) is 7.90. The lowest BCUT2D eigenvalue weighted by atomic mass is 9.53. The van der Waals surface area contributed by atoms with Crippen molar-refractivity contribution in [3.8, 4) is 0 Å². The summed E-state index contributed by atoms with van der Waals surface area (Å²) in [5, 5.41) is 3.61. The Hall–Kier alpha value is -0.570. The van der Waals surface area contributed by atoms with Crippen LogP contribution in [0.4, 0.5) is 0 Å². The highest BCUT2D eigenvalue weighted by Gasteiger charge is 2.51. The summed E-state index contributed by atoms with van der Waals surface area (Å²) in [4.78, 5) is 14.6. The Balaban J connectivity index is 1.23. The Labute approximate surface area is 146 Å². The molecule has 0 radical (unpaired) electrons. The van der Waals surface area contributed by atoms with E-state index in [1.54, 1.807) is 4.90 Å². The van der Waals surface area contributed by atoms with Gasteiger partial charge >= 0.3 is 0 Å². The molecule has 3 heteroatoms. The molecule has 1 aliphatic heterocycles. The Kier molecular flexibility index (Phi) is 3.92. The second kappa shape index (κ2) is 6.00. The van der Waals surface area contributed by atoms with Crippen molar-refractivity contribution in [1.82, 2.24) is 5.32 Å². The molecular weight excluding hydrogens is 296 g/mol. The van der Waals surface area contributed by atoms with Crippen LogP contribution in [0.3, 0.4) is 0 Å². The zero-order valence-electron chi connectivity index (χ0n) is 15.2. The van der Waals surface area contributed by atoms with Gasteiger partial charge in [-0.1, -0.05) is 6.42 Å². The van der Waals surface area contributed by atoms with Crippen LogP contribution in [0.15, 0.2) is 0 Å². The van der Waals surface area contributed by atoms with E-state index >= 15 is 0 Å². The number of nitrogens with one attached hydrogen (secondary N) is 2. The maximum Gasteiger partial charge on any atom is 0.275 e. The quantitative estimate of drug-likeness (QED) is 0.817. The van der Waals surface area contributed by atoms with Crippen LogP contribution < -0.4 is 10.2 Å². The van der Waals surface area contributed by atoms with Crippen molar-refractivity contribution >= 4 is 5.91 Å². The third-order valence-corrected chi connectivity index (χ3v) is 8.34. The molecule has 0 aromatic carbocycles. The van der Waals surface area contributed by atoms with E-state index in [1.165, 1.54) is 83.6 Å². The lowest BCUT2D eigenvalue weighted by Crippen LogP contribution is -3.18. The summed E-state index contributed by atoms with van der Waals surface area (Å²) in [5.41, 5.74) is 0.201. The normalized spacial score (nSPS) is 49.7. The van der Waals surface area contributed by atoms with Gasteiger partial charge in [-0.25, -0.2) is 0 Å². The van der Waals surface area contributed by atoms with E-state index in [1.807, 2.05) is 0 Å². The van der Waals surface area contributed by atoms with Gasteiger partial charge in [0.2, 0.25) is 0 Å². The molecule has 1 unspecified atom stereocenters. The minimum absolute atomic E-state index is 0.201. The number of hydrogen-bond donors (Lipinski definition) is 2. The number of rotatable bonds is 3. The van der Waals surface area contributed by atoms with E-state index in [2.05, 4.69) is 5.32 Å². The summed E-state index contributed by atoms with van der Waals surface area (Å²) in [5.74, 6) is 4.04. The third-order valence-electron chi connectivity index (χ3n) is 8.34. The van der Waals surface area contributed by atoms with E-state index in [9.17, 15) is 4.79 Å². The van der Waals surface area contributed by atoms with Gasteiger partial charge in [0.1, 0.15) is 0 Å². The van der Waals surface area contributed by atoms with Gasteiger partial charge in [-0.05, 0) is 88.4 Å². The van der Waals surface area contributed by atoms with Crippen LogP contribution in [0.1, 0.15) is 77.0 Å². The van der Waals surface area contributed by atoms with Crippen LogP contribution in [0.5, 0.6) is 0 Å². The Morgan fingerprint density at radius 2 is 1.54 bits per heavy atom. The molecule has 1 amide bonds. The van der Waals surface area contributed by atoms with Crippen molar-refractivity contribution in [2.75, 3.05) is 13.1 Å². The number of quaternary nitrogens is 1. The Morgan fingerprint density at radius 1 is 0.917 bits per heavy atom. The molecule has 6 aliphatic rings. The number of piperidine rings is 1. The predicted octanol–water partition coefficient (Wildman–Crippen LogP) is 2.31. The summed E-state index contributed by atoms with van der Waals surface area (Å²) < 4.78 is 0. The average molecular weight is 332 g/mol. The molecule has 5 saturated carbocycles. The van der Waals surface area contributed by atoms with E-state index < -0.39 is 0 Å². The lowest BCUT2D eigenvalue weighted by Gasteiger charge is -2.57. The molecule has 134 valence electrons. The summed E-state index contributed by atoms with van der Waals surface area (Å²) >= 11 is 0. The Morgan fingerprint density at radius 3 is 2.25 bits per heavy atom. The molecule has 4 bridgehead atoms. The molecule has 1 saturated heterocycles. The molecule has 6 fully saturated rings. The van der Waals surface area contributed by atoms with Crippen LogP contribution in [-0.4, -0.2) is 30.6 Å². The minimum atomic E-state index is 0.201. The summed E-state index contributed by atoms with van der Waals surface area (Å²) in [6, 6.07) is 0.787. The van der Waals surface area contributed by atoms with Crippen molar-refractivity contribution in [2.24, 2.45) is 23.7 Å². The van der Waals surface area contributed by atoms with Crippen LogP contribution in [0, 0.1) is 23.7 Å². The molecule has 0 aromatic heterocycles. The van der Waals surface area contributed by atoms with Crippen molar-refractivity contribution in [3.05, 3.63) is 0 Å². The van der Waals surface area contributed by atoms with E-state index in [-0.39, 0.29) is 5.54 Å². The number of likely N-dealkylation sites (tertiary alicyclic amines) is 1. The van der Waals surface area contributed by atoms with Crippen molar-refractivity contribution in [1.29, 1.82) is 0 Å². The first-order valence-corrected chi connectivity index (χ1v) is 10.8. The molecule has 3 atom stereocenters. The first-order chi connectivity index (χ1) is 11.7. The molecule has 6 rings (SSSR count). The van der Waals surface area contributed by atoms with Crippen molar-refractivity contribution in [2.45, 2.75) is 88.6 Å². The van der Waals surface area contributed by atoms with Gasteiger partial charge in [0.15, 0.2) is 6.54 Å². The lowest BCUT2D eigenvalue weighted by molar-refractivity contribution is -0.928. The minimum Gasteiger partial charge on any atom is -0.346 e. The van der Waals surface area contributed by atoms with Gasteiger partial charge in [-0.3, -0.25) is 4.79 Å². The Bertz CT molecular complexity index is 465. The van der Waals surface area contributed by atoms with Crippen LogP contribution in [0.25, 0.3) is 0 Å². The zero-order chi connectivity index (χ0) is 16.1. The molecule has 5 aliphatic carbocycles. The number of carbonyl (C=O) groups excluding carboxylic acids is 1. The summed E-state index contributed by atoms with van der Waals surface area (Å²) in [6.07, 6.45) is 16.6. The highest BCUT2D eigenvalue weighted by Crippen LogP contribution is 2.55. The molecule has 0 spiro atoms. The van der Waals surface area contributed by atoms with E-state index in [4.69, 9.17) is 0 Å². The fourth-order valence-corrected chi connectivity index (χ4v) is 7.90. The maximum absolute atomic E-state index is 12.9. The summed E-state index contributed by atoms with van der Waals surface area (Å²) in [6.45, 7) is 1.98. The smallest absolute Gasteiger partial charge is 0.275 e. The highest BCUT2D eigenvalue weighted by atomic mass is 16.2. The van der Waals surface area contributed by atoms with Crippen LogP contribution in [0.2, 0.25) is 0 Å². The number of hydrogen-bond acceptors (Lipinski definition) is 1. The van der Waals surface area contributed by atoms with Gasteiger partial charge in [0.05, 0.1) is 12.6 Å². The van der Waals surface area contributed by atoms with Gasteiger partial charge in [-0.15, -0.1) is 0 Å². The standard InChI is InChI=1S/C21H34N2O/c24-20(14-23-7-3-5-18-4-1-2-6-19(18)23)22-21-11-15-8-16(12-21)10-17(9-15)13-21/h15-19H,1-14H2,(H,22,24)/p+1/t15?,16?,17?,18-,19+,21?/m1/s1. The molecule has 0 aromatic rings. The maximum atomic E-state index is 12.9. The molecular formula is C21H35N2O+. The fraction of sp³-hybridized carbons (Fsp3) is 0.952. The number of amides is 1. The third kappa shape index (κ3) is 2.81. The molecule has 24 heavy (non-hydrogen) atoms. The topological polar surface area (TPSA) is 33.5 Å². The molecule has 2 N–H and O–H groups in total. The van der Waals surface area contributed by atoms with Gasteiger partial charge in [0, 0.05) is 11.5 Å². The van der Waals surface area contributed by atoms with E-state index in [0.29, 0.717) is 5.91 Å². The molecule has 3 nitrogen and oxygen atoms in total. The number of fused-ring (bicyclic) bond motifs is 1. The van der Waals surface area contributed by atoms with Crippen molar-refractivity contribution < 1.29 is 9.69 Å². The van der Waals surface area contributed by atoms with Crippen LogP contribution in [-0.2, 0) is 4.79 Å². The van der Waals surface area contributed by atoms with Crippen molar-refractivity contribution in [3.63, 3.8) is 0 Å². The van der Waals surface area contributed by atoms with Gasteiger partial charge in [-0.2, -0.15) is 0 Å². The second-order valence-corrected chi connectivity index (χ2v) is 10.1. The second-order valence-electron chi connectivity index (χ2n) is 10.1. The van der Waals surface area contributed by atoms with Gasteiger partial charge < -0.3 is 10.2 Å². The number of carbonyl (C=O) groups is 1. The predicted molar refractivity (Wildman–Crippen MR) is 94.7 cm³/mol. The monoisotopic (exact) mass is 331 g/mol. The average Bonchev–Trinajstić information content (AvgIpc) is 2.53. The SMILES string of the molecule is O=C(C[NH+]1CCC[C@H]2CCCC[C@@H]21)NC12CC3CC(CC(C3)C1)C2.